The van der Waals surface area contributed by atoms with Crippen LogP contribution in [0.1, 0.15) is 68.0 Å². The third kappa shape index (κ3) is 2.64. The summed E-state index contributed by atoms with van der Waals surface area (Å²) in [7, 11) is 0. The van der Waals surface area contributed by atoms with Crippen molar-refractivity contribution in [2.75, 3.05) is 6.54 Å². The topological polar surface area (TPSA) is 38.9 Å². The van der Waals surface area contributed by atoms with Gasteiger partial charge < -0.3 is 5.73 Å². The van der Waals surface area contributed by atoms with Crippen molar-refractivity contribution in [1.29, 1.82) is 0 Å². The van der Waals surface area contributed by atoms with Gasteiger partial charge >= 0.3 is 0 Å². The van der Waals surface area contributed by atoms with Gasteiger partial charge in [-0.25, -0.2) is 4.98 Å². The molecule has 0 aromatic carbocycles. The van der Waals surface area contributed by atoms with Crippen LogP contribution in [-0.2, 0) is 0 Å². The van der Waals surface area contributed by atoms with Gasteiger partial charge in [-0.2, -0.15) is 0 Å². The maximum absolute atomic E-state index is 5.82. The molecule has 90 valence electrons. The Balaban J connectivity index is 2.05. The Morgan fingerprint density at radius 3 is 2.88 bits per heavy atom. The van der Waals surface area contributed by atoms with Crippen molar-refractivity contribution in [3.05, 3.63) is 16.1 Å². The van der Waals surface area contributed by atoms with Gasteiger partial charge in [0.1, 0.15) is 0 Å². The van der Waals surface area contributed by atoms with Crippen LogP contribution in [0.5, 0.6) is 0 Å². The SMILES string of the molecule is CCCC(CN)c1csc(C2CCCC2)n1. The molecule has 0 radical (unpaired) electrons. The Hall–Kier alpha value is -0.410. The summed E-state index contributed by atoms with van der Waals surface area (Å²) in [5.41, 5.74) is 7.06. The van der Waals surface area contributed by atoms with Gasteiger partial charge in [-0.1, -0.05) is 26.2 Å². The molecule has 3 heteroatoms. The van der Waals surface area contributed by atoms with Crippen LogP contribution in [0.2, 0.25) is 0 Å². The lowest BCUT2D eigenvalue weighted by Crippen LogP contribution is -2.12. The van der Waals surface area contributed by atoms with E-state index in [9.17, 15) is 0 Å². The maximum atomic E-state index is 5.82. The molecule has 1 atom stereocenters. The third-order valence-electron chi connectivity index (χ3n) is 3.58. The molecule has 1 heterocycles. The third-order valence-corrected chi connectivity index (χ3v) is 4.61. The Morgan fingerprint density at radius 2 is 2.25 bits per heavy atom. The molecule has 0 saturated heterocycles. The molecule has 1 saturated carbocycles. The Labute approximate surface area is 102 Å². The summed E-state index contributed by atoms with van der Waals surface area (Å²) in [4.78, 5) is 4.82. The summed E-state index contributed by atoms with van der Waals surface area (Å²) >= 11 is 1.85. The second-order valence-electron chi connectivity index (χ2n) is 4.81. The zero-order valence-electron chi connectivity index (χ0n) is 10.1. The number of rotatable bonds is 5. The second-order valence-corrected chi connectivity index (χ2v) is 5.70. The summed E-state index contributed by atoms with van der Waals surface area (Å²) < 4.78 is 0. The van der Waals surface area contributed by atoms with E-state index < -0.39 is 0 Å². The van der Waals surface area contributed by atoms with Gasteiger partial charge in [0.15, 0.2) is 0 Å². The van der Waals surface area contributed by atoms with Crippen molar-refractivity contribution in [1.82, 2.24) is 4.98 Å². The molecule has 0 amide bonds. The zero-order valence-corrected chi connectivity index (χ0v) is 10.9. The average Bonchev–Trinajstić information content (AvgIpc) is 2.95. The standard InChI is InChI=1S/C13H22N2S/c1-2-5-11(8-14)12-9-16-13(15-12)10-6-3-4-7-10/h9-11H,2-8,14H2,1H3. The molecule has 0 spiro atoms. The lowest BCUT2D eigenvalue weighted by Gasteiger charge is -2.10. The van der Waals surface area contributed by atoms with Crippen LogP contribution in [-0.4, -0.2) is 11.5 Å². The molecular weight excluding hydrogens is 216 g/mol. The summed E-state index contributed by atoms with van der Waals surface area (Å²) in [6.45, 7) is 2.95. The first-order valence-corrected chi connectivity index (χ1v) is 7.38. The number of hydrogen-bond donors (Lipinski definition) is 1. The van der Waals surface area contributed by atoms with Crippen molar-refractivity contribution in [2.45, 2.75) is 57.3 Å². The first-order chi connectivity index (χ1) is 7.85. The van der Waals surface area contributed by atoms with Crippen molar-refractivity contribution in [3.63, 3.8) is 0 Å². The fourth-order valence-electron chi connectivity index (χ4n) is 2.58. The summed E-state index contributed by atoms with van der Waals surface area (Å²) in [5, 5.41) is 3.60. The fourth-order valence-corrected chi connectivity index (χ4v) is 3.66. The largest absolute Gasteiger partial charge is 0.330 e. The summed E-state index contributed by atoms with van der Waals surface area (Å²) in [5.74, 6) is 1.23. The van der Waals surface area contributed by atoms with Crippen LogP contribution in [0.4, 0.5) is 0 Å². The van der Waals surface area contributed by atoms with E-state index in [1.165, 1.54) is 49.2 Å². The van der Waals surface area contributed by atoms with Crippen molar-refractivity contribution >= 4 is 11.3 Å². The van der Waals surface area contributed by atoms with Gasteiger partial charge in [-0.15, -0.1) is 11.3 Å². The highest BCUT2D eigenvalue weighted by atomic mass is 32.1. The van der Waals surface area contributed by atoms with E-state index in [0.717, 1.165) is 12.5 Å². The highest BCUT2D eigenvalue weighted by Crippen LogP contribution is 2.36. The number of hydrogen-bond acceptors (Lipinski definition) is 3. The number of thiazole rings is 1. The molecular formula is C13H22N2S. The highest BCUT2D eigenvalue weighted by molar-refractivity contribution is 7.09. The van der Waals surface area contributed by atoms with E-state index in [-0.39, 0.29) is 0 Å². The lowest BCUT2D eigenvalue weighted by atomic mass is 10.0. The van der Waals surface area contributed by atoms with Gasteiger partial charge in [0.25, 0.3) is 0 Å². The first kappa shape index (κ1) is 12.1. The van der Waals surface area contributed by atoms with E-state index in [0.29, 0.717) is 5.92 Å². The second kappa shape index (κ2) is 5.78. The molecule has 2 rings (SSSR count). The van der Waals surface area contributed by atoms with Gasteiger partial charge in [0.2, 0.25) is 0 Å². The van der Waals surface area contributed by atoms with Crippen molar-refractivity contribution in [3.8, 4) is 0 Å². The molecule has 0 bridgehead atoms. The van der Waals surface area contributed by atoms with Crippen molar-refractivity contribution in [2.24, 2.45) is 5.73 Å². The number of nitrogens with zero attached hydrogens (tertiary/aromatic N) is 1. The average molecular weight is 238 g/mol. The van der Waals surface area contributed by atoms with Gasteiger partial charge in [-0.3, -0.25) is 0 Å². The molecule has 16 heavy (non-hydrogen) atoms. The molecule has 1 fully saturated rings. The molecule has 1 aliphatic rings. The highest BCUT2D eigenvalue weighted by Gasteiger charge is 2.21. The van der Waals surface area contributed by atoms with Crippen LogP contribution < -0.4 is 5.73 Å². The zero-order chi connectivity index (χ0) is 11.4. The molecule has 0 aliphatic heterocycles. The van der Waals surface area contributed by atoms with E-state index in [4.69, 9.17) is 10.7 Å². The van der Waals surface area contributed by atoms with Gasteiger partial charge in [0, 0.05) is 23.8 Å². The molecule has 1 aliphatic carbocycles. The van der Waals surface area contributed by atoms with E-state index in [1.54, 1.807) is 0 Å². The Bertz CT molecular complexity index is 315. The van der Waals surface area contributed by atoms with E-state index in [1.807, 2.05) is 11.3 Å². The van der Waals surface area contributed by atoms with Gasteiger partial charge in [0.05, 0.1) is 10.7 Å². The minimum absolute atomic E-state index is 0.483. The van der Waals surface area contributed by atoms with E-state index in [2.05, 4.69) is 12.3 Å². The van der Waals surface area contributed by atoms with Crippen molar-refractivity contribution < 1.29 is 0 Å². The van der Waals surface area contributed by atoms with Crippen LogP contribution in [0, 0.1) is 0 Å². The fraction of sp³-hybridized carbons (Fsp3) is 0.769. The molecule has 1 aromatic rings. The summed E-state index contributed by atoms with van der Waals surface area (Å²) in [6.07, 6.45) is 7.81. The molecule has 1 unspecified atom stereocenters. The normalized spacial score (nSPS) is 19.1. The predicted octanol–water partition coefficient (Wildman–Crippen LogP) is 3.64. The molecule has 2 nitrogen and oxygen atoms in total. The minimum atomic E-state index is 0.483. The monoisotopic (exact) mass is 238 g/mol. The number of nitrogens with two attached hydrogens (primary N) is 1. The lowest BCUT2D eigenvalue weighted by molar-refractivity contribution is 0.604. The van der Waals surface area contributed by atoms with Crippen LogP contribution in [0.25, 0.3) is 0 Å². The first-order valence-electron chi connectivity index (χ1n) is 6.50. The predicted molar refractivity (Wildman–Crippen MR) is 70.0 cm³/mol. The summed E-state index contributed by atoms with van der Waals surface area (Å²) in [6, 6.07) is 0. The Kier molecular flexibility index (Phi) is 4.36. The molecule has 2 N–H and O–H groups in total. The maximum Gasteiger partial charge on any atom is 0.0959 e. The van der Waals surface area contributed by atoms with Crippen LogP contribution in [0.3, 0.4) is 0 Å². The minimum Gasteiger partial charge on any atom is -0.330 e. The number of aromatic nitrogens is 1. The van der Waals surface area contributed by atoms with E-state index >= 15 is 0 Å². The van der Waals surface area contributed by atoms with Crippen LogP contribution in [0.15, 0.2) is 5.38 Å². The quantitative estimate of drug-likeness (QED) is 0.850. The Morgan fingerprint density at radius 1 is 1.50 bits per heavy atom. The molecule has 1 aromatic heterocycles. The van der Waals surface area contributed by atoms with Crippen LogP contribution >= 0.6 is 11.3 Å². The van der Waals surface area contributed by atoms with Gasteiger partial charge in [-0.05, 0) is 19.3 Å². The smallest absolute Gasteiger partial charge is 0.0959 e.